The first-order valence-electron chi connectivity index (χ1n) is 1.86. The lowest BCUT2D eigenvalue weighted by atomic mass is 11.6. The van der Waals surface area contributed by atoms with E-state index in [1.165, 1.54) is 7.11 Å². The summed E-state index contributed by atoms with van der Waals surface area (Å²) in [7, 11) is 4.51. The summed E-state index contributed by atoms with van der Waals surface area (Å²) in [6.07, 6.45) is 0. The average molecular weight is 122 g/mol. The molecule has 0 unspecified atom stereocenters. The maximum atomic E-state index is 9.06. The third-order valence-corrected chi connectivity index (χ3v) is 0.136. The van der Waals surface area contributed by atoms with Gasteiger partial charge in [-0.25, -0.2) is 0 Å². The number of rotatable bonds is 2. The Labute approximate surface area is 48.3 Å². The van der Waals surface area contributed by atoms with Gasteiger partial charge in [-0.1, -0.05) is 0 Å². The van der Waals surface area contributed by atoms with E-state index in [-0.39, 0.29) is 6.47 Å². The molecule has 0 aliphatic carbocycles. The highest BCUT2D eigenvalue weighted by Gasteiger charge is 1.60. The summed E-state index contributed by atoms with van der Waals surface area (Å²) in [5.74, 6) is 0. The van der Waals surface area contributed by atoms with Crippen LogP contribution in [0.5, 0.6) is 0 Å². The molecular weight excluding hydrogens is 112 g/mol. The van der Waals surface area contributed by atoms with Crippen molar-refractivity contribution in [3.63, 3.8) is 0 Å². The molecule has 0 amide bonds. The number of ether oxygens (including phenoxy) is 1. The van der Waals surface area contributed by atoms with Crippen LogP contribution in [0, 0.1) is 0 Å². The third-order valence-electron chi connectivity index (χ3n) is 0.136. The highest BCUT2D eigenvalue weighted by atomic mass is 17.2. The van der Waals surface area contributed by atoms with Crippen molar-refractivity contribution in [2.45, 2.75) is 0 Å². The molecule has 0 saturated heterocycles. The molecule has 50 valence electrons. The van der Waals surface area contributed by atoms with Crippen molar-refractivity contribution >= 4 is 6.47 Å². The van der Waals surface area contributed by atoms with E-state index in [4.69, 9.17) is 4.79 Å². The van der Waals surface area contributed by atoms with Gasteiger partial charge in [0.05, 0.1) is 7.11 Å². The van der Waals surface area contributed by atoms with Gasteiger partial charge in [-0.15, -0.1) is 0 Å². The Bertz CT molecular complexity index is 37.0. The smallest absolute Gasteiger partial charge is 0.330 e. The van der Waals surface area contributed by atoms with Crippen molar-refractivity contribution in [3.05, 3.63) is 0 Å². The average Bonchev–Trinajstić information content (AvgIpc) is 1.71. The van der Waals surface area contributed by atoms with Crippen molar-refractivity contribution in [2.24, 2.45) is 0 Å². The summed E-state index contributed by atoms with van der Waals surface area (Å²) >= 11 is 0. The van der Waals surface area contributed by atoms with Gasteiger partial charge in [0.15, 0.2) is 0 Å². The Morgan fingerprint density at radius 1 is 1.25 bits per heavy atom. The molecule has 0 bridgehead atoms. The van der Waals surface area contributed by atoms with Gasteiger partial charge in [-0.2, -0.15) is 4.89 Å². The quantitative estimate of drug-likeness (QED) is 0.293. The molecule has 0 atom stereocenters. The lowest BCUT2D eigenvalue weighted by Crippen LogP contribution is -1.80. The summed E-state index contributed by atoms with van der Waals surface area (Å²) in [4.78, 5) is 16.5. The molecule has 0 saturated carbocycles. The fourth-order valence-electron chi connectivity index (χ4n) is 0.0393. The van der Waals surface area contributed by atoms with Gasteiger partial charge >= 0.3 is 6.47 Å². The van der Waals surface area contributed by atoms with Gasteiger partial charge in [0, 0.05) is 14.2 Å². The molecule has 0 heterocycles. The van der Waals surface area contributed by atoms with Crippen LogP contribution in [0.1, 0.15) is 0 Å². The van der Waals surface area contributed by atoms with Crippen molar-refractivity contribution in [1.82, 2.24) is 0 Å². The molecular formula is C4H10O4. The second kappa shape index (κ2) is 16.2. The summed E-state index contributed by atoms with van der Waals surface area (Å²) in [6, 6.07) is 0. The topological polar surface area (TPSA) is 44.8 Å². The van der Waals surface area contributed by atoms with E-state index in [0.29, 0.717) is 0 Å². The summed E-state index contributed by atoms with van der Waals surface area (Å²) in [6.45, 7) is 0.208. The number of hydrogen-bond acceptors (Lipinski definition) is 4. The molecule has 0 rings (SSSR count). The summed E-state index contributed by atoms with van der Waals surface area (Å²) in [5, 5.41) is 0. The third kappa shape index (κ3) is 53.8. The van der Waals surface area contributed by atoms with E-state index in [1.54, 1.807) is 14.2 Å². The minimum atomic E-state index is 0.208. The number of hydrogen-bond donors (Lipinski definition) is 0. The fraction of sp³-hybridized carbons (Fsp3) is 0.750. The Morgan fingerprint density at radius 2 is 1.62 bits per heavy atom. The van der Waals surface area contributed by atoms with Gasteiger partial charge in [0.2, 0.25) is 0 Å². The molecule has 0 aliphatic rings. The van der Waals surface area contributed by atoms with Crippen LogP contribution in [0.2, 0.25) is 0 Å². The number of carbonyl (C=O) groups excluding carboxylic acids is 1. The number of carbonyl (C=O) groups is 1. The minimum absolute atomic E-state index is 0.208. The molecule has 0 aromatic heterocycles. The molecule has 4 nitrogen and oxygen atoms in total. The van der Waals surface area contributed by atoms with Crippen molar-refractivity contribution in [3.8, 4) is 0 Å². The first-order valence-corrected chi connectivity index (χ1v) is 1.86. The molecule has 0 aromatic carbocycles. The molecule has 0 radical (unpaired) electrons. The lowest BCUT2D eigenvalue weighted by Gasteiger charge is -1.79. The van der Waals surface area contributed by atoms with Crippen LogP contribution in [0.4, 0.5) is 0 Å². The first-order chi connectivity index (χ1) is 3.83. The van der Waals surface area contributed by atoms with Gasteiger partial charge in [-0.3, -0.25) is 4.79 Å². The Hall–Kier alpha value is -0.610. The van der Waals surface area contributed by atoms with Crippen LogP contribution in [0.25, 0.3) is 0 Å². The van der Waals surface area contributed by atoms with Crippen LogP contribution < -0.4 is 0 Å². The zero-order valence-electron chi connectivity index (χ0n) is 5.21. The molecule has 4 heteroatoms. The van der Waals surface area contributed by atoms with Gasteiger partial charge < -0.3 is 9.62 Å². The molecule has 0 spiro atoms. The van der Waals surface area contributed by atoms with E-state index >= 15 is 0 Å². The lowest BCUT2D eigenvalue weighted by molar-refractivity contribution is -0.240. The van der Waals surface area contributed by atoms with Crippen molar-refractivity contribution < 1.29 is 19.3 Å². The van der Waals surface area contributed by atoms with Gasteiger partial charge in [-0.05, 0) is 0 Å². The Balaban J connectivity index is 0. The fourth-order valence-corrected chi connectivity index (χ4v) is 0.0393. The molecule has 0 fully saturated rings. The second-order valence-corrected chi connectivity index (χ2v) is 0.767. The predicted octanol–water partition coefficient (Wildman–Crippen LogP) is -0.0166. The normalized spacial score (nSPS) is 6.38. The van der Waals surface area contributed by atoms with Crippen LogP contribution >= 0.6 is 0 Å². The molecule has 0 aromatic rings. The van der Waals surface area contributed by atoms with Crippen molar-refractivity contribution in [1.29, 1.82) is 0 Å². The van der Waals surface area contributed by atoms with E-state index in [1.807, 2.05) is 0 Å². The van der Waals surface area contributed by atoms with Gasteiger partial charge in [0.1, 0.15) is 0 Å². The van der Waals surface area contributed by atoms with Crippen LogP contribution in [0.3, 0.4) is 0 Å². The summed E-state index contributed by atoms with van der Waals surface area (Å²) in [5.41, 5.74) is 0. The highest BCUT2D eigenvalue weighted by molar-refractivity contribution is 5.35. The van der Waals surface area contributed by atoms with Gasteiger partial charge in [0.25, 0.3) is 0 Å². The highest BCUT2D eigenvalue weighted by Crippen LogP contribution is 1.55. The van der Waals surface area contributed by atoms with E-state index in [9.17, 15) is 0 Å². The maximum absolute atomic E-state index is 9.06. The molecule has 0 N–H and O–H groups in total. The van der Waals surface area contributed by atoms with Crippen LogP contribution in [-0.2, 0) is 19.3 Å². The number of methoxy groups -OCH3 is 1. The Kier molecular flexibility index (Phi) is 21.0. The van der Waals surface area contributed by atoms with E-state index in [0.717, 1.165) is 0 Å². The minimum Gasteiger partial charge on any atom is -0.388 e. The molecule has 8 heavy (non-hydrogen) atoms. The standard InChI is InChI=1S/C2H4O3.C2H6O/c1-4-5-2-3;1-3-2/h2H,1H3;1-2H3. The second-order valence-electron chi connectivity index (χ2n) is 0.767. The maximum Gasteiger partial charge on any atom is 0.330 e. The Morgan fingerprint density at radius 3 is 1.62 bits per heavy atom. The first kappa shape index (κ1) is 10.4. The zero-order chi connectivity index (χ0) is 6.83. The zero-order valence-corrected chi connectivity index (χ0v) is 5.21. The monoisotopic (exact) mass is 122 g/mol. The predicted molar refractivity (Wildman–Crippen MR) is 27.1 cm³/mol. The largest absolute Gasteiger partial charge is 0.388 e. The molecule has 0 aliphatic heterocycles. The van der Waals surface area contributed by atoms with E-state index in [2.05, 4.69) is 14.5 Å². The van der Waals surface area contributed by atoms with Crippen molar-refractivity contribution in [2.75, 3.05) is 21.3 Å². The van der Waals surface area contributed by atoms with Crippen LogP contribution in [0.15, 0.2) is 0 Å². The van der Waals surface area contributed by atoms with E-state index < -0.39 is 0 Å². The summed E-state index contributed by atoms with van der Waals surface area (Å²) < 4.78 is 4.25. The SMILES string of the molecule is COC.COOC=O. The van der Waals surface area contributed by atoms with Crippen LogP contribution in [-0.4, -0.2) is 27.8 Å².